The topological polar surface area (TPSA) is 12.0 Å². The fraction of sp³-hybridized carbons (Fsp3) is 1.00. The van der Waals surface area contributed by atoms with Crippen LogP contribution in [-0.2, 0) is 0 Å². The predicted molar refractivity (Wildman–Crippen MR) is 44.5 cm³/mol. The minimum Gasteiger partial charge on any atom is -0.316 e. The second-order valence-corrected chi connectivity index (χ2v) is 3.42. The fourth-order valence-corrected chi connectivity index (χ4v) is 2.00. The average Bonchev–Trinajstić information content (AvgIpc) is 2.19. The van der Waals surface area contributed by atoms with Crippen molar-refractivity contribution in [1.29, 1.82) is 0 Å². The van der Waals surface area contributed by atoms with E-state index in [1.807, 2.05) is 0 Å². The van der Waals surface area contributed by atoms with Gasteiger partial charge in [-0.2, -0.15) is 0 Å². The van der Waals surface area contributed by atoms with Crippen molar-refractivity contribution < 1.29 is 0 Å². The zero-order chi connectivity index (χ0) is 5.82. The molecule has 0 saturated carbocycles. The molecule has 2 heteroatoms. The molecule has 0 aromatic heterocycles. The van der Waals surface area contributed by atoms with Gasteiger partial charge in [0.2, 0.25) is 0 Å². The zero-order valence-electron chi connectivity index (χ0n) is 4.99. The van der Waals surface area contributed by atoms with Gasteiger partial charge < -0.3 is 5.32 Å². The molecule has 1 saturated heterocycles. The number of alkyl halides is 1. The summed E-state index contributed by atoms with van der Waals surface area (Å²) in [5, 5.41) is 3.35. The van der Waals surface area contributed by atoms with Crippen LogP contribution in [0, 0.1) is 5.92 Å². The maximum absolute atomic E-state index is 3.35. The van der Waals surface area contributed by atoms with Gasteiger partial charge in [0.15, 0.2) is 0 Å². The molecule has 0 aromatic rings. The average molecular weight is 225 g/mol. The van der Waals surface area contributed by atoms with Crippen LogP contribution < -0.4 is 5.32 Å². The highest BCUT2D eigenvalue weighted by Crippen LogP contribution is 2.12. The first-order valence-electron chi connectivity index (χ1n) is 3.20. The van der Waals surface area contributed by atoms with E-state index in [9.17, 15) is 0 Å². The molecule has 1 aliphatic rings. The normalized spacial score (nSPS) is 28.9. The summed E-state index contributed by atoms with van der Waals surface area (Å²) in [6.45, 7) is 2.52. The van der Waals surface area contributed by atoms with Crippen molar-refractivity contribution in [2.24, 2.45) is 5.92 Å². The van der Waals surface area contributed by atoms with Crippen LogP contribution in [0.2, 0.25) is 0 Å². The van der Waals surface area contributed by atoms with Crippen molar-refractivity contribution in [3.05, 3.63) is 0 Å². The van der Waals surface area contributed by atoms with E-state index in [4.69, 9.17) is 0 Å². The third kappa shape index (κ3) is 1.90. The van der Waals surface area contributed by atoms with Gasteiger partial charge in [-0.1, -0.05) is 22.6 Å². The Morgan fingerprint density at radius 2 is 2.50 bits per heavy atom. The lowest BCUT2D eigenvalue weighted by molar-refractivity contribution is 0.572. The van der Waals surface area contributed by atoms with Crippen molar-refractivity contribution >= 4 is 22.6 Å². The van der Waals surface area contributed by atoms with Crippen LogP contribution in [0.5, 0.6) is 0 Å². The van der Waals surface area contributed by atoms with Gasteiger partial charge in [0.25, 0.3) is 0 Å². The van der Waals surface area contributed by atoms with E-state index < -0.39 is 0 Å². The molecule has 0 unspecified atom stereocenters. The number of rotatable bonds is 2. The smallest absolute Gasteiger partial charge is 0.000161 e. The van der Waals surface area contributed by atoms with Gasteiger partial charge in [0, 0.05) is 0 Å². The molecule has 1 atom stereocenters. The minimum atomic E-state index is 0.992. The fourth-order valence-electron chi connectivity index (χ4n) is 1.12. The Morgan fingerprint density at radius 3 is 3.00 bits per heavy atom. The maximum Gasteiger partial charge on any atom is -0.000161 e. The molecule has 1 aliphatic heterocycles. The standard InChI is InChI=1S/C6H12IN/c7-3-1-6-2-4-8-5-6/h6,8H,1-5H2/t6-/m0/s1. The molecule has 8 heavy (non-hydrogen) atoms. The molecule has 0 spiro atoms. The summed E-state index contributed by atoms with van der Waals surface area (Å²) in [6.07, 6.45) is 2.82. The first kappa shape index (κ1) is 6.81. The monoisotopic (exact) mass is 225 g/mol. The summed E-state index contributed by atoms with van der Waals surface area (Å²) in [7, 11) is 0. The summed E-state index contributed by atoms with van der Waals surface area (Å²) in [5.74, 6) is 0.992. The number of nitrogens with one attached hydrogen (secondary N) is 1. The molecule has 0 bridgehead atoms. The van der Waals surface area contributed by atoms with E-state index in [2.05, 4.69) is 27.9 Å². The third-order valence-electron chi connectivity index (χ3n) is 1.68. The first-order valence-corrected chi connectivity index (χ1v) is 4.72. The molecule has 1 rings (SSSR count). The van der Waals surface area contributed by atoms with E-state index in [0.29, 0.717) is 0 Å². The van der Waals surface area contributed by atoms with Crippen LogP contribution in [0.4, 0.5) is 0 Å². The van der Waals surface area contributed by atoms with Crippen LogP contribution >= 0.6 is 22.6 Å². The Labute approximate surface area is 64.4 Å². The number of halogens is 1. The van der Waals surface area contributed by atoms with Gasteiger partial charge >= 0.3 is 0 Å². The van der Waals surface area contributed by atoms with Gasteiger partial charge in [0.1, 0.15) is 0 Å². The summed E-state index contributed by atoms with van der Waals surface area (Å²) in [4.78, 5) is 0. The number of hydrogen-bond acceptors (Lipinski definition) is 1. The molecule has 1 nitrogen and oxygen atoms in total. The second-order valence-electron chi connectivity index (χ2n) is 2.34. The van der Waals surface area contributed by atoms with Gasteiger partial charge in [-0.15, -0.1) is 0 Å². The summed E-state index contributed by atoms with van der Waals surface area (Å²) in [5.41, 5.74) is 0. The number of hydrogen-bond donors (Lipinski definition) is 1. The van der Waals surface area contributed by atoms with E-state index >= 15 is 0 Å². The Bertz CT molecular complexity index is 59.5. The van der Waals surface area contributed by atoms with Crippen molar-refractivity contribution in [1.82, 2.24) is 5.32 Å². The van der Waals surface area contributed by atoms with Crippen LogP contribution in [0.3, 0.4) is 0 Å². The van der Waals surface area contributed by atoms with Gasteiger partial charge in [-0.25, -0.2) is 0 Å². The van der Waals surface area contributed by atoms with E-state index in [1.165, 1.54) is 30.4 Å². The molecule has 1 fully saturated rings. The Hall–Kier alpha value is 0.690. The molecule has 0 radical (unpaired) electrons. The lowest BCUT2D eigenvalue weighted by atomic mass is 10.1. The molecule has 48 valence electrons. The highest BCUT2D eigenvalue weighted by molar-refractivity contribution is 14.1. The van der Waals surface area contributed by atoms with Gasteiger partial charge in [-0.05, 0) is 36.3 Å². The Kier molecular flexibility index (Phi) is 3.12. The minimum absolute atomic E-state index is 0.992. The lowest BCUT2D eigenvalue weighted by Gasteiger charge is -2.01. The predicted octanol–water partition coefficient (Wildman–Crippen LogP) is 1.42. The molecule has 1 heterocycles. The summed E-state index contributed by atoms with van der Waals surface area (Å²) < 4.78 is 1.32. The van der Waals surface area contributed by atoms with Crippen LogP contribution in [0.1, 0.15) is 12.8 Å². The van der Waals surface area contributed by atoms with Crippen LogP contribution in [0.25, 0.3) is 0 Å². The lowest BCUT2D eigenvalue weighted by Crippen LogP contribution is -2.08. The highest BCUT2D eigenvalue weighted by atomic mass is 127. The second kappa shape index (κ2) is 3.67. The van der Waals surface area contributed by atoms with Crippen LogP contribution in [-0.4, -0.2) is 17.5 Å². The molecular formula is C6H12IN. The molecule has 0 amide bonds. The maximum atomic E-state index is 3.35. The first-order chi connectivity index (χ1) is 3.93. The summed E-state index contributed by atoms with van der Waals surface area (Å²) >= 11 is 2.45. The van der Waals surface area contributed by atoms with E-state index in [-0.39, 0.29) is 0 Å². The van der Waals surface area contributed by atoms with Crippen molar-refractivity contribution in [3.8, 4) is 0 Å². The van der Waals surface area contributed by atoms with Crippen molar-refractivity contribution in [3.63, 3.8) is 0 Å². The molecule has 0 aliphatic carbocycles. The van der Waals surface area contributed by atoms with Gasteiger partial charge in [0.05, 0.1) is 0 Å². The zero-order valence-corrected chi connectivity index (χ0v) is 7.15. The summed E-state index contributed by atoms with van der Waals surface area (Å²) in [6, 6.07) is 0. The van der Waals surface area contributed by atoms with E-state index in [1.54, 1.807) is 0 Å². The van der Waals surface area contributed by atoms with Crippen LogP contribution in [0.15, 0.2) is 0 Å². The Balaban J connectivity index is 2.06. The van der Waals surface area contributed by atoms with Crippen molar-refractivity contribution in [2.45, 2.75) is 12.8 Å². The van der Waals surface area contributed by atoms with Crippen molar-refractivity contribution in [2.75, 3.05) is 17.5 Å². The SMILES string of the molecule is ICC[C@H]1CCNC1. The van der Waals surface area contributed by atoms with Gasteiger partial charge in [-0.3, -0.25) is 0 Å². The molecular weight excluding hydrogens is 213 g/mol. The van der Waals surface area contributed by atoms with E-state index in [0.717, 1.165) is 5.92 Å². The Morgan fingerprint density at radius 1 is 1.62 bits per heavy atom. The highest BCUT2D eigenvalue weighted by Gasteiger charge is 2.12. The third-order valence-corrected chi connectivity index (χ3v) is 2.30. The quantitative estimate of drug-likeness (QED) is 0.553. The molecule has 1 N–H and O–H groups in total. The molecule has 0 aromatic carbocycles. The largest absolute Gasteiger partial charge is 0.316 e.